The van der Waals surface area contributed by atoms with Crippen molar-refractivity contribution in [2.75, 3.05) is 0 Å². The van der Waals surface area contributed by atoms with Crippen LogP contribution in [0.1, 0.15) is 16.7 Å². The Kier molecular flexibility index (Phi) is 10.9. The summed E-state index contributed by atoms with van der Waals surface area (Å²) in [6.45, 7) is 5.90. The van der Waals surface area contributed by atoms with Gasteiger partial charge in [-0.2, -0.15) is 4.57 Å². The van der Waals surface area contributed by atoms with E-state index in [4.69, 9.17) is 32.8 Å². The first-order valence-electron chi connectivity index (χ1n) is 9.05. The molecular weight excluding hydrogens is 466 g/mol. The van der Waals surface area contributed by atoms with E-state index in [1.807, 2.05) is 57.2 Å². The molecule has 3 aromatic rings. The minimum atomic E-state index is -5.14. The van der Waals surface area contributed by atoms with Crippen molar-refractivity contribution in [2.45, 2.75) is 20.8 Å². The van der Waals surface area contributed by atoms with Crippen LogP contribution < -0.4 is 23.4 Å². The van der Waals surface area contributed by atoms with Crippen molar-refractivity contribution in [2.24, 2.45) is 0 Å². The summed E-state index contributed by atoms with van der Waals surface area (Å²) in [7, 11) is -9.07. The van der Waals surface area contributed by atoms with E-state index in [9.17, 15) is 4.57 Å². The van der Waals surface area contributed by atoms with Gasteiger partial charge in [-0.3, -0.25) is 0 Å². The fourth-order valence-electron chi connectivity index (χ4n) is 2.24. The molecule has 0 saturated heterocycles. The van der Waals surface area contributed by atoms with Gasteiger partial charge in [0.1, 0.15) is 17.2 Å². The predicted octanol–water partition coefficient (Wildman–Crippen LogP) is 3.68. The fraction of sp³-hybridized carbons (Fsp3) is 0.143. The smallest absolute Gasteiger partial charge is 0.790 e. The van der Waals surface area contributed by atoms with E-state index in [1.54, 1.807) is 36.4 Å². The largest absolute Gasteiger partial charge is 2.00 e. The summed E-state index contributed by atoms with van der Waals surface area (Å²) in [5, 5.41) is 0. The van der Waals surface area contributed by atoms with E-state index in [0.29, 0.717) is 17.2 Å². The maximum absolute atomic E-state index is 13.3. The van der Waals surface area contributed by atoms with Crippen LogP contribution in [0.4, 0.5) is 0 Å². The molecule has 3 aromatic carbocycles. The van der Waals surface area contributed by atoms with E-state index >= 15 is 0 Å². The van der Waals surface area contributed by atoms with E-state index in [2.05, 4.69) is 0 Å². The monoisotopic (exact) mass is 488 g/mol. The summed E-state index contributed by atoms with van der Waals surface area (Å²) in [4.78, 5) is 24.3. The van der Waals surface area contributed by atoms with Crippen molar-refractivity contribution in [1.82, 2.24) is 0 Å². The van der Waals surface area contributed by atoms with Crippen LogP contribution in [0.3, 0.4) is 0 Å². The Bertz CT molecular complexity index is 934. The van der Waals surface area contributed by atoms with Crippen LogP contribution in [0.2, 0.25) is 0 Å². The van der Waals surface area contributed by atoms with Crippen LogP contribution >= 0.6 is 15.6 Å². The summed E-state index contributed by atoms with van der Waals surface area (Å²) in [5.41, 5.74) is 3.23. The van der Waals surface area contributed by atoms with Crippen LogP contribution in [0.25, 0.3) is 0 Å². The Hall–Kier alpha value is -1.83. The van der Waals surface area contributed by atoms with Crippen LogP contribution in [0.15, 0.2) is 72.8 Å². The zero-order valence-electron chi connectivity index (χ0n) is 17.8. The second-order valence-corrected chi connectivity index (χ2v) is 9.01. The zero-order chi connectivity index (χ0) is 23.1. The molecule has 166 valence electrons. The fourth-order valence-corrected chi connectivity index (χ4v) is 3.49. The number of hydrogen-bond acceptors (Lipinski definition) is 7. The van der Waals surface area contributed by atoms with E-state index in [1.165, 1.54) is 0 Å². The normalized spacial score (nSPS) is 10.8. The Morgan fingerprint density at radius 2 is 0.781 bits per heavy atom. The standard InChI is InChI=1S/C21H21O4P.Mg.H3O4P/c1-16-4-10-19(11-5-16)23-26(22,24-20-12-6-17(2)7-13-20)25-21-14-8-18(3)9-15-21;;1-5(2,3)4/h4-15H,1-3H3;;(H3,1,2,3,4)/q;+2;/p-2. The molecule has 11 heteroatoms. The average Bonchev–Trinajstić information content (AvgIpc) is 2.66. The van der Waals surface area contributed by atoms with E-state index in [-0.39, 0.29) is 23.1 Å². The second-order valence-electron chi connectivity index (χ2n) is 6.63. The van der Waals surface area contributed by atoms with E-state index in [0.717, 1.165) is 16.7 Å². The minimum Gasteiger partial charge on any atom is -0.790 e. The minimum absolute atomic E-state index is 0. The molecule has 0 bridgehead atoms. The SMILES string of the molecule is Cc1ccc(OP(=O)(Oc2ccc(C)cc2)Oc2ccc(C)cc2)cc1.O=P([O-])([O-])O.[Mg+2]. The summed E-state index contributed by atoms with van der Waals surface area (Å²) in [6.07, 6.45) is 0. The van der Waals surface area contributed by atoms with Gasteiger partial charge in [0.05, 0.1) is 7.82 Å². The van der Waals surface area contributed by atoms with Gasteiger partial charge in [-0.1, -0.05) is 53.1 Å². The van der Waals surface area contributed by atoms with Gasteiger partial charge in [-0.05, 0) is 57.2 Å². The number of benzene rings is 3. The predicted molar refractivity (Wildman–Crippen MR) is 119 cm³/mol. The van der Waals surface area contributed by atoms with Gasteiger partial charge in [0.15, 0.2) is 0 Å². The first-order valence-corrected chi connectivity index (χ1v) is 12.0. The van der Waals surface area contributed by atoms with Gasteiger partial charge in [0.2, 0.25) is 0 Å². The Labute approximate surface area is 203 Å². The van der Waals surface area contributed by atoms with Gasteiger partial charge in [0.25, 0.3) is 0 Å². The molecule has 0 unspecified atom stereocenters. The molecule has 1 N–H and O–H groups in total. The van der Waals surface area contributed by atoms with Crippen molar-refractivity contribution in [1.29, 1.82) is 0 Å². The van der Waals surface area contributed by atoms with Crippen LogP contribution in [-0.4, -0.2) is 27.9 Å². The first-order chi connectivity index (χ1) is 14.4. The van der Waals surface area contributed by atoms with Crippen molar-refractivity contribution < 1.29 is 37.4 Å². The third kappa shape index (κ3) is 11.2. The molecule has 0 spiro atoms. The molecule has 0 saturated carbocycles. The van der Waals surface area contributed by atoms with Gasteiger partial charge >= 0.3 is 30.9 Å². The summed E-state index contributed by atoms with van der Waals surface area (Å²) >= 11 is 0. The molecule has 0 amide bonds. The maximum atomic E-state index is 13.3. The number of rotatable bonds is 6. The van der Waals surface area contributed by atoms with Gasteiger partial charge < -0.3 is 32.8 Å². The van der Waals surface area contributed by atoms with Gasteiger partial charge in [0, 0.05) is 0 Å². The van der Waals surface area contributed by atoms with Crippen molar-refractivity contribution in [3.63, 3.8) is 0 Å². The van der Waals surface area contributed by atoms with Crippen LogP contribution in [0.5, 0.6) is 17.2 Å². The third-order valence-electron chi connectivity index (χ3n) is 3.71. The Morgan fingerprint density at radius 1 is 0.594 bits per heavy atom. The quantitative estimate of drug-likeness (QED) is 0.411. The van der Waals surface area contributed by atoms with Crippen LogP contribution in [-0.2, 0) is 9.13 Å². The number of aryl methyl sites for hydroxylation is 3. The summed E-state index contributed by atoms with van der Waals surface area (Å²) in [5.74, 6) is 1.24. The van der Waals surface area contributed by atoms with Crippen LogP contribution in [0, 0.1) is 20.8 Å². The van der Waals surface area contributed by atoms with Crippen molar-refractivity contribution >= 4 is 38.7 Å². The molecule has 0 radical (unpaired) electrons. The molecular formula is C21H22MgO8P2. The zero-order valence-corrected chi connectivity index (χ0v) is 21.0. The number of hydrogen-bond donors (Lipinski definition) is 1. The number of phosphoric ester groups is 1. The molecule has 32 heavy (non-hydrogen) atoms. The molecule has 0 aromatic heterocycles. The summed E-state index contributed by atoms with van der Waals surface area (Å²) < 4.78 is 38.9. The first kappa shape index (κ1) is 28.2. The topological polar surface area (TPSA) is 128 Å². The summed E-state index contributed by atoms with van der Waals surface area (Å²) in [6, 6.07) is 21.6. The van der Waals surface area contributed by atoms with Crippen molar-refractivity contribution in [3.05, 3.63) is 89.5 Å². The van der Waals surface area contributed by atoms with Crippen molar-refractivity contribution in [3.8, 4) is 17.2 Å². The molecule has 0 fully saturated rings. The molecule has 0 aliphatic rings. The molecule has 0 aliphatic heterocycles. The molecule has 0 atom stereocenters. The molecule has 8 nitrogen and oxygen atoms in total. The molecule has 0 heterocycles. The second kappa shape index (κ2) is 12.4. The maximum Gasteiger partial charge on any atom is 2.00 e. The Morgan fingerprint density at radius 3 is 0.969 bits per heavy atom. The van der Waals surface area contributed by atoms with E-state index < -0.39 is 15.6 Å². The molecule has 3 rings (SSSR count). The Balaban J connectivity index is 0.000000770. The molecule has 0 aliphatic carbocycles. The average molecular weight is 489 g/mol. The number of phosphoric acid groups is 2. The van der Waals surface area contributed by atoms with Gasteiger partial charge in [-0.15, -0.1) is 0 Å². The third-order valence-corrected chi connectivity index (χ3v) is 5.02. The van der Waals surface area contributed by atoms with Gasteiger partial charge in [-0.25, -0.2) is 0 Å².